The zero-order valence-electron chi connectivity index (χ0n) is 13.1. The van der Waals surface area contributed by atoms with E-state index in [1.165, 1.54) is 0 Å². The fraction of sp³-hybridized carbons (Fsp3) is 0.235. The molecular formula is C17H18ClNO4. The van der Waals surface area contributed by atoms with Crippen LogP contribution in [0.5, 0.6) is 17.2 Å². The van der Waals surface area contributed by atoms with E-state index in [0.29, 0.717) is 28.0 Å². The number of benzene rings is 2. The minimum absolute atomic E-state index is 0.269. The van der Waals surface area contributed by atoms with Crippen LogP contribution < -0.4 is 19.5 Å². The van der Waals surface area contributed by atoms with Crippen molar-refractivity contribution in [1.29, 1.82) is 0 Å². The standard InChI is InChI=1S/C17H18ClNO4/c1-11(17(20)19-13-6-4-12(18)5-7-13)23-16-9-14(21-2)8-15(10-16)22-3/h4-11H,1-3H3,(H,19,20)/t11-/m1/s1. The number of methoxy groups -OCH3 is 2. The molecule has 0 heterocycles. The van der Waals surface area contributed by atoms with Gasteiger partial charge in [-0.25, -0.2) is 0 Å². The number of carbonyl (C=O) groups is 1. The molecule has 5 nitrogen and oxygen atoms in total. The topological polar surface area (TPSA) is 56.8 Å². The van der Waals surface area contributed by atoms with Crippen molar-refractivity contribution in [2.45, 2.75) is 13.0 Å². The Labute approximate surface area is 140 Å². The van der Waals surface area contributed by atoms with E-state index >= 15 is 0 Å². The molecule has 0 fully saturated rings. The lowest BCUT2D eigenvalue weighted by molar-refractivity contribution is -0.122. The summed E-state index contributed by atoms with van der Waals surface area (Å²) in [6.07, 6.45) is -0.692. The van der Waals surface area contributed by atoms with Crippen LogP contribution in [0.2, 0.25) is 5.02 Å². The van der Waals surface area contributed by atoms with Gasteiger partial charge in [-0.15, -0.1) is 0 Å². The van der Waals surface area contributed by atoms with Crippen molar-refractivity contribution < 1.29 is 19.0 Å². The first-order chi connectivity index (χ1) is 11.0. The smallest absolute Gasteiger partial charge is 0.265 e. The Balaban J connectivity index is 2.04. The number of carbonyl (C=O) groups excluding carboxylic acids is 1. The van der Waals surface area contributed by atoms with Crippen LogP contribution in [0, 0.1) is 0 Å². The van der Waals surface area contributed by atoms with Crippen LogP contribution in [0.1, 0.15) is 6.92 Å². The highest BCUT2D eigenvalue weighted by Crippen LogP contribution is 2.28. The number of halogens is 1. The summed E-state index contributed by atoms with van der Waals surface area (Å²) in [7, 11) is 3.10. The second kappa shape index (κ2) is 7.74. The molecule has 2 aromatic rings. The predicted octanol–water partition coefficient (Wildman–Crippen LogP) is 3.76. The van der Waals surface area contributed by atoms with E-state index in [0.717, 1.165) is 0 Å². The van der Waals surface area contributed by atoms with Gasteiger partial charge in [0.25, 0.3) is 5.91 Å². The Kier molecular flexibility index (Phi) is 5.71. The maximum Gasteiger partial charge on any atom is 0.265 e. The predicted molar refractivity (Wildman–Crippen MR) is 89.7 cm³/mol. The summed E-state index contributed by atoms with van der Waals surface area (Å²) < 4.78 is 16.0. The minimum Gasteiger partial charge on any atom is -0.496 e. The molecule has 0 aliphatic rings. The Hall–Kier alpha value is -2.40. The highest BCUT2D eigenvalue weighted by molar-refractivity contribution is 6.30. The number of amides is 1. The molecule has 2 aromatic carbocycles. The van der Waals surface area contributed by atoms with Gasteiger partial charge in [-0.2, -0.15) is 0 Å². The average molecular weight is 336 g/mol. The summed E-state index contributed by atoms with van der Waals surface area (Å²) >= 11 is 5.81. The third kappa shape index (κ3) is 4.79. The third-order valence-electron chi connectivity index (χ3n) is 3.12. The molecular weight excluding hydrogens is 318 g/mol. The van der Waals surface area contributed by atoms with E-state index in [-0.39, 0.29) is 5.91 Å². The summed E-state index contributed by atoms with van der Waals surface area (Å²) in [5.41, 5.74) is 0.651. The number of ether oxygens (including phenoxy) is 3. The van der Waals surface area contributed by atoms with Gasteiger partial charge in [-0.3, -0.25) is 4.79 Å². The third-order valence-corrected chi connectivity index (χ3v) is 3.37. The lowest BCUT2D eigenvalue weighted by Gasteiger charge is -2.16. The van der Waals surface area contributed by atoms with Crippen molar-refractivity contribution in [3.05, 3.63) is 47.5 Å². The molecule has 0 spiro atoms. The molecule has 0 aliphatic heterocycles. The monoisotopic (exact) mass is 335 g/mol. The Morgan fingerprint density at radius 3 is 2.04 bits per heavy atom. The van der Waals surface area contributed by atoms with Crippen molar-refractivity contribution in [2.24, 2.45) is 0 Å². The normalized spacial score (nSPS) is 11.5. The molecule has 0 aliphatic carbocycles. The van der Waals surface area contributed by atoms with Crippen LogP contribution in [0.4, 0.5) is 5.69 Å². The highest BCUT2D eigenvalue weighted by atomic mass is 35.5. The van der Waals surface area contributed by atoms with E-state index in [4.69, 9.17) is 25.8 Å². The summed E-state index contributed by atoms with van der Waals surface area (Å²) in [5, 5.41) is 3.37. The van der Waals surface area contributed by atoms with Crippen LogP contribution in [-0.2, 0) is 4.79 Å². The first kappa shape index (κ1) is 17.0. The number of rotatable bonds is 6. The van der Waals surface area contributed by atoms with Crippen LogP contribution in [-0.4, -0.2) is 26.2 Å². The summed E-state index contributed by atoms with van der Waals surface area (Å²) in [6.45, 7) is 1.66. The molecule has 6 heteroatoms. The summed E-state index contributed by atoms with van der Waals surface area (Å²) in [6, 6.07) is 12.0. The van der Waals surface area contributed by atoms with Gasteiger partial charge in [0.15, 0.2) is 6.10 Å². The maximum absolute atomic E-state index is 12.2. The second-order valence-electron chi connectivity index (χ2n) is 4.80. The van der Waals surface area contributed by atoms with Crippen molar-refractivity contribution in [3.8, 4) is 17.2 Å². The molecule has 2 rings (SSSR count). The number of hydrogen-bond donors (Lipinski definition) is 1. The average Bonchev–Trinajstić information content (AvgIpc) is 2.56. The number of nitrogens with one attached hydrogen (secondary N) is 1. The summed E-state index contributed by atoms with van der Waals surface area (Å²) in [5.74, 6) is 1.39. The van der Waals surface area contributed by atoms with E-state index in [1.54, 1.807) is 63.6 Å². The molecule has 0 saturated heterocycles. The van der Waals surface area contributed by atoms with E-state index in [9.17, 15) is 4.79 Å². The van der Waals surface area contributed by atoms with E-state index in [2.05, 4.69) is 5.32 Å². The second-order valence-corrected chi connectivity index (χ2v) is 5.24. The van der Waals surface area contributed by atoms with Crippen LogP contribution >= 0.6 is 11.6 Å². The molecule has 23 heavy (non-hydrogen) atoms. The molecule has 1 amide bonds. The van der Waals surface area contributed by atoms with E-state index in [1.807, 2.05) is 0 Å². The van der Waals surface area contributed by atoms with Gasteiger partial charge in [0.2, 0.25) is 0 Å². The lowest BCUT2D eigenvalue weighted by Crippen LogP contribution is -2.30. The van der Waals surface area contributed by atoms with Gasteiger partial charge in [-0.05, 0) is 31.2 Å². The van der Waals surface area contributed by atoms with Crippen molar-refractivity contribution in [1.82, 2.24) is 0 Å². The zero-order valence-corrected chi connectivity index (χ0v) is 13.9. The fourth-order valence-electron chi connectivity index (χ4n) is 1.88. The van der Waals surface area contributed by atoms with Gasteiger partial charge in [0, 0.05) is 28.9 Å². The fourth-order valence-corrected chi connectivity index (χ4v) is 2.01. The number of anilines is 1. The van der Waals surface area contributed by atoms with Crippen molar-refractivity contribution >= 4 is 23.2 Å². The van der Waals surface area contributed by atoms with Crippen molar-refractivity contribution in [3.63, 3.8) is 0 Å². The van der Waals surface area contributed by atoms with Gasteiger partial charge >= 0.3 is 0 Å². The molecule has 1 atom stereocenters. The Morgan fingerprint density at radius 1 is 1.00 bits per heavy atom. The number of hydrogen-bond acceptors (Lipinski definition) is 4. The maximum atomic E-state index is 12.2. The van der Waals surface area contributed by atoms with Gasteiger partial charge in [-0.1, -0.05) is 11.6 Å². The zero-order chi connectivity index (χ0) is 16.8. The molecule has 0 saturated carbocycles. The van der Waals surface area contributed by atoms with E-state index < -0.39 is 6.10 Å². The SMILES string of the molecule is COc1cc(OC)cc(O[C@H](C)C(=O)Nc2ccc(Cl)cc2)c1. The van der Waals surface area contributed by atoms with Crippen LogP contribution in [0.3, 0.4) is 0 Å². The van der Waals surface area contributed by atoms with Gasteiger partial charge < -0.3 is 19.5 Å². The van der Waals surface area contributed by atoms with Crippen molar-refractivity contribution in [2.75, 3.05) is 19.5 Å². The lowest BCUT2D eigenvalue weighted by atomic mass is 10.2. The molecule has 122 valence electrons. The van der Waals surface area contributed by atoms with Crippen LogP contribution in [0.15, 0.2) is 42.5 Å². The molecule has 0 radical (unpaired) electrons. The van der Waals surface area contributed by atoms with Crippen LogP contribution in [0.25, 0.3) is 0 Å². The molecule has 0 bridgehead atoms. The van der Waals surface area contributed by atoms with Gasteiger partial charge in [0.05, 0.1) is 14.2 Å². The molecule has 0 unspecified atom stereocenters. The minimum atomic E-state index is -0.692. The summed E-state index contributed by atoms with van der Waals surface area (Å²) in [4.78, 5) is 12.2. The molecule has 1 N–H and O–H groups in total. The quantitative estimate of drug-likeness (QED) is 0.873. The largest absolute Gasteiger partial charge is 0.496 e. The first-order valence-corrected chi connectivity index (χ1v) is 7.36. The Bertz CT molecular complexity index is 651. The Morgan fingerprint density at radius 2 is 1.52 bits per heavy atom. The first-order valence-electron chi connectivity index (χ1n) is 6.98. The highest BCUT2D eigenvalue weighted by Gasteiger charge is 2.16. The van der Waals surface area contributed by atoms with Gasteiger partial charge in [0.1, 0.15) is 17.2 Å². The molecule has 0 aromatic heterocycles.